The second-order valence-electron chi connectivity index (χ2n) is 6.74. The molecule has 0 saturated carbocycles. The lowest BCUT2D eigenvalue weighted by Crippen LogP contribution is -2.45. The summed E-state index contributed by atoms with van der Waals surface area (Å²) in [4.78, 5) is 38.4. The van der Waals surface area contributed by atoms with E-state index in [9.17, 15) is 19.5 Å². The van der Waals surface area contributed by atoms with Gasteiger partial charge in [-0.05, 0) is 30.4 Å². The molecule has 1 aromatic carbocycles. The molecule has 0 spiro atoms. The van der Waals surface area contributed by atoms with E-state index in [-0.39, 0.29) is 12.2 Å². The summed E-state index contributed by atoms with van der Waals surface area (Å²) in [7, 11) is 0. The molecule has 8 nitrogen and oxygen atoms in total. The second kappa shape index (κ2) is 6.44. The fourth-order valence-corrected chi connectivity index (χ4v) is 3.87. The smallest absolute Gasteiger partial charge is 0.346 e. The summed E-state index contributed by atoms with van der Waals surface area (Å²) in [5.74, 6) is -0.765. The van der Waals surface area contributed by atoms with Crippen LogP contribution in [0.4, 0.5) is 0 Å². The Hall–Kier alpha value is -2.90. The van der Waals surface area contributed by atoms with Crippen molar-refractivity contribution in [3.8, 4) is 0 Å². The molecule has 2 aliphatic rings. The maximum atomic E-state index is 12.8. The maximum absolute atomic E-state index is 12.8. The molecule has 3 heterocycles. The highest BCUT2D eigenvalue weighted by Crippen LogP contribution is 2.30. The van der Waals surface area contributed by atoms with Gasteiger partial charge in [-0.25, -0.2) is 14.3 Å². The van der Waals surface area contributed by atoms with Gasteiger partial charge >= 0.3 is 11.7 Å². The number of carbonyl (C=O) groups excluding carboxylic acids is 1. The molecular formula is C18H20N4O4. The predicted molar refractivity (Wildman–Crippen MR) is 91.7 cm³/mol. The third-order valence-corrected chi connectivity index (χ3v) is 5.15. The van der Waals surface area contributed by atoms with Crippen molar-refractivity contribution in [2.75, 3.05) is 6.54 Å². The van der Waals surface area contributed by atoms with Gasteiger partial charge in [0.1, 0.15) is 12.4 Å². The number of amides is 1. The normalized spacial score (nSPS) is 18.9. The van der Waals surface area contributed by atoms with Crippen LogP contribution in [-0.2, 0) is 35.5 Å². The van der Waals surface area contributed by atoms with Crippen LogP contribution in [0.25, 0.3) is 0 Å². The van der Waals surface area contributed by atoms with Crippen LogP contribution in [0.3, 0.4) is 0 Å². The SMILES string of the molecule is O=C(O)C1c2ccccc2CCN1C(=O)Cn1nc2n(c1=O)CCCC2. The van der Waals surface area contributed by atoms with Crippen molar-refractivity contribution >= 4 is 11.9 Å². The lowest BCUT2D eigenvalue weighted by molar-refractivity contribution is -0.151. The summed E-state index contributed by atoms with van der Waals surface area (Å²) in [6.07, 6.45) is 3.23. The Bertz CT molecular complexity index is 930. The fourth-order valence-electron chi connectivity index (χ4n) is 3.87. The number of carboxylic acids is 1. The van der Waals surface area contributed by atoms with E-state index in [0.29, 0.717) is 30.9 Å². The van der Waals surface area contributed by atoms with E-state index in [0.717, 1.165) is 24.8 Å². The molecule has 1 amide bonds. The van der Waals surface area contributed by atoms with Crippen molar-refractivity contribution in [2.45, 2.75) is 44.8 Å². The summed E-state index contributed by atoms with van der Waals surface area (Å²) in [6.45, 7) is 0.705. The molecule has 1 N–H and O–H groups in total. The number of rotatable bonds is 3. The van der Waals surface area contributed by atoms with Crippen molar-refractivity contribution in [2.24, 2.45) is 0 Å². The van der Waals surface area contributed by atoms with Gasteiger partial charge in [0.2, 0.25) is 5.91 Å². The van der Waals surface area contributed by atoms with E-state index in [2.05, 4.69) is 5.10 Å². The van der Waals surface area contributed by atoms with E-state index in [4.69, 9.17) is 0 Å². The van der Waals surface area contributed by atoms with Crippen molar-refractivity contribution in [1.82, 2.24) is 19.2 Å². The summed E-state index contributed by atoms with van der Waals surface area (Å²) in [6, 6.07) is 6.25. The zero-order chi connectivity index (χ0) is 18.3. The molecule has 26 heavy (non-hydrogen) atoms. The second-order valence-corrected chi connectivity index (χ2v) is 6.74. The first-order valence-corrected chi connectivity index (χ1v) is 8.83. The number of nitrogens with zero attached hydrogens (tertiary/aromatic N) is 4. The van der Waals surface area contributed by atoms with Crippen molar-refractivity contribution in [3.05, 3.63) is 51.7 Å². The van der Waals surface area contributed by atoms with E-state index >= 15 is 0 Å². The average Bonchev–Trinajstić information content (AvgIpc) is 2.96. The highest BCUT2D eigenvalue weighted by Gasteiger charge is 2.36. The maximum Gasteiger partial charge on any atom is 0.346 e. The van der Waals surface area contributed by atoms with Crippen LogP contribution in [0, 0.1) is 0 Å². The number of aromatic nitrogens is 3. The van der Waals surface area contributed by atoms with Gasteiger partial charge in [0.05, 0.1) is 0 Å². The number of aliphatic carboxylic acids is 1. The minimum atomic E-state index is -1.07. The zero-order valence-electron chi connectivity index (χ0n) is 14.3. The molecule has 0 saturated heterocycles. The Morgan fingerprint density at radius 3 is 2.73 bits per heavy atom. The summed E-state index contributed by atoms with van der Waals surface area (Å²) >= 11 is 0. The Morgan fingerprint density at radius 2 is 1.96 bits per heavy atom. The summed E-state index contributed by atoms with van der Waals surface area (Å²) < 4.78 is 2.78. The lowest BCUT2D eigenvalue weighted by atomic mass is 9.92. The van der Waals surface area contributed by atoms with Crippen molar-refractivity contribution in [3.63, 3.8) is 0 Å². The molecule has 0 radical (unpaired) electrons. The summed E-state index contributed by atoms with van der Waals surface area (Å²) in [5.41, 5.74) is 1.28. The van der Waals surface area contributed by atoms with Crippen molar-refractivity contribution in [1.29, 1.82) is 0 Å². The molecule has 1 aromatic heterocycles. The van der Waals surface area contributed by atoms with E-state index in [1.807, 2.05) is 12.1 Å². The first-order chi connectivity index (χ1) is 12.6. The van der Waals surface area contributed by atoms with E-state index in [1.54, 1.807) is 16.7 Å². The molecule has 0 aliphatic carbocycles. The third-order valence-electron chi connectivity index (χ3n) is 5.15. The molecule has 136 valence electrons. The number of carboxylic acid groups (broad SMARTS) is 1. The van der Waals surface area contributed by atoms with Gasteiger partial charge in [0.15, 0.2) is 6.04 Å². The van der Waals surface area contributed by atoms with Crippen LogP contribution in [0.5, 0.6) is 0 Å². The first-order valence-electron chi connectivity index (χ1n) is 8.83. The largest absolute Gasteiger partial charge is 0.479 e. The molecule has 2 aromatic rings. The topological polar surface area (TPSA) is 97.4 Å². The molecular weight excluding hydrogens is 336 g/mol. The third kappa shape index (κ3) is 2.71. The Labute approximate surface area is 149 Å². The van der Waals surface area contributed by atoms with Gasteiger partial charge in [0, 0.05) is 19.5 Å². The summed E-state index contributed by atoms with van der Waals surface area (Å²) in [5, 5.41) is 13.9. The van der Waals surface area contributed by atoms with Crippen molar-refractivity contribution < 1.29 is 14.7 Å². The zero-order valence-corrected chi connectivity index (χ0v) is 14.3. The van der Waals surface area contributed by atoms with Gasteiger partial charge in [0.25, 0.3) is 0 Å². The van der Waals surface area contributed by atoms with E-state index in [1.165, 1.54) is 9.58 Å². The molecule has 0 fully saturated rings. The highest BCUT2D eigenvalue weighted by atomic mass is 16.4. The average molecular weight is 356 g/mol. The number of hydrogen-bond acceptors (Lipinski definition) is 4. The van der Waals surface area contributed by atoms with Crippen LogP contribution in [-0.4, -0.2) is 42.8 Å². The highest BCUT2D eigenvalue weighted by molar-refractivity contribution is 5.85. The molecule has 1 atom stereocenters. The standard InChI is InChI=1S/C18H20N4O4/c23-15(11-22-18(26)20-9-4-3-7-14(20)19-22)21-10-8-12-5-1-2-6-13(12)16(21)17(24)25/h1-2,5-6,16H,3-4,7-11H2,(H,24,25). The van der Waals surface area contributed by atoms with Gasteiger partial charge in [-0.15, -0.1) is 0 Å². The van der Waals surface area contributed by atoms with Gasteiger partial charge in [-0.2, -0.15) is 5.10 Å². The first kappa shape index (κ1) is 16.6. The quantitative estimate of drug-likeness (QED) is 0.868. The molecule has 1 unspecified atom stereocenters. The number of aryl methyl sites for hydroxylation is 1. The van der Waals surface area contributed by atoms with Crippen LogP contribution in [0.1, 0.15) is 35.8 Å². The molecule has 2 aliphatic heterocycles. The number of benzene rings is 1. The number of carbonyl (C=O) groups is 2. The Morgan fingerprint density at radius 1 is 1.15 bits per heavy atom. The molecule has 0 bridgehead atoms. The minimum Gasteiger partial charge on any atom is -0.479 e. The number of hydrogen-bond donors (Lipinski definition) is 1. The van der Waals surface area contributed by atoms with Gasteiger partial charge in [-0.1, -0.05) is 24.3 Å². The van der Waals surface area contributed by atoms with Crippen LogP contribution in [0.2, 0.25) is 0 Å². The lowest BCUT2D eigenvalue weighted by Gasteiger charge is -2.34. The number of fused-ring (bicyclic) bond motifs is 2. The Kier molecular flexibility index (Phi) is 4.10. The van der Waals surface area contributed by atoms with Crippen LogP contribution < -0.4 is 5.69 Å². The van der Waals surface area contributed by atoms with E-state index < -0.39 is 17.9 Å². The monoisotopic (exact) mass is 356 g/mol. The fraction of sp³-hybridized carbons (Fsp3) is 0.444. The van der Waals surface area contributed by atoms with Gasteiger partial charge < -0.3 is 10.0 Å². The Balaban J connectivity index is 1.61. The minimum absolute atomic E-state index is 0.231. The van der Waals surface area contributed by atoms with Gasteiger partial charge in [-0.3, -0.25) is 9.36 Å². The predicted octanol–water partition coefficient (Wildman–Crippen LogP) is 0.592. The van der Waals surface area contributed by atoms with Crippen LogP contribution in [0.15, 0.2) is 29.1 Å². The molecule has 4 rings (SSSR count). The molecule has 8 heteroatoms. The van der Waals surface area contributed by atoms with Crippen LogP contribution >= 0.6 is 0 Å².